The summed E-state index contributed by atoms with van der Waals surface area (Å²) in [5, 5.41) is 3.15. The second-order valence-electron chi connectivity index (χ2n) is 5.47. The minimum atomic E-state index is 0. The van der Waals surface area contributed by atoms with Crippen LogP contribution in [0.25, 0.3) is 0 Å². The van der Waals surface area contributed by atoms with Gasteiger partial charge in [-0.15, -0.1) is 24.8 Å². The minimum absolute atomic E-state index is 0. The van der Waals surface area contributed by atoms with Crippen molar-refractivity contribution in [2.45, 2.75) is 38.6 Å². The zero-order chi connectivity index (χ0) is 14.4. The van der Waals surface area contributed by atoms with E-state index in [4.69, 9.17) is 5.73 Å². The van der Waals surface area contributed by atoms with Crippen LogP contribution in [-0.2, 0) is 11.2 Å². The molecule has 3 N–H and O–H groups in total. The standard InChI is InChI=1S/C16H25N3O.2ClH/c1-2-19-11-9-14(10-12-19)18-16(20)8-7-13-5-3-4-6-15(13)17;;/h3-6,14H,2,7-12,17H2,1H3,(H,18,20);2*1H. The van der Waals surface area contributed by atoms with Crippen LogP contribution in [0.3, 0.4) is 0 Å². The highest BCUT2D eigenvalue weighted by Gasteiger charge is 2.19. The van der Waals surface area contributed by atoms with Gasteiger partial charge in [-0.1, -0.05) is 25.1 Å². The summed E-state index contributed by atoms with van der Waals surface area (Å²) in [7, 11) is 0. The number of nitrogen functional groups attached to an aromatic ring is 1. The van der Waals surface area contributed by atoms with E-state index in [1.807, 2.05) is 24.3 Å². The molecule has 126 valence electrons. The number of nitrogens with two attached hydrogens (primary N) is 1. The maximum absolute atomic E-state index is 12.0. The molecule has 2 rings (SSSR count). The number of piperidine rings is 1. The highest BCUT2D eigenvalue weighted by atomic mass is 35.5. The summed E-state index contributed by atoms with van der Waals surface area (Å²) in [6, 6.07) is 8.10. The lowest BCUT2D eigenvalue weighted by atomic mass is 10.0. The second kappa shape index (κ2) is 10.7. The molecule has 0 saturated carbocycles. The summed E-state index contributed by atoms with van der Waals surface area (Å²) in [6.07, 6.45) is 3.36. The first-order valence-corrected chi connectivity index (χ1v) is 7.54. The molecule has 1 amide bonds. The number of carbonyl (C=O) groups is 1. The number of hydrogen-bond donors (Lipinski definition) is 2. The maximum Gasteiger partial charge on any atom is 0.220 e. The predicted octanol–water partition coefficient (Wildman–Crippen LogP) is 2.65. The Kier molecular flexibility index (Phi) is 10.2. The number of carbonyl (C=O) groups excluding carboxylic acids is 1. The Labute approximate surface area is 145 Å². The number of likely N-dealkylation sites (tertiary alicyclic amines) is 1. The number of anilines is 1. The van der Waals surface area contributed by atoms with E-state index >= 15 is 0 Å². The van der Waals surface area contributed by atoms with E-state index in [0.717, 1.165) is 43.7 Å². The number of hydrogen-bond acceptors (Lipinski definition) is 3. The Hall–Kier alpha value is -0.970. The molecule has 1 aliphatic heterocycles. The van der Waals surface area contributed by atoms with E-state index in [2.05, 4.69) is 17.1 Å². The topological polar surface area (TPSA) is 58.4 Å². The number of nitrogens with zero attached hydrogens (tertiary/aromatic N) is 1. The molecular formula is C16H27Cl2N3O. The van der Waals surface area contributed by atoms with Crippen molar-refractivity contribution in [3.8, 4) is 0 Å². The largest absolute Gasteiger partial charge is 0.399 e. The molecule has 22 heavy (non-hydrogen) atoms. The Morgan fingerprint density at radius 2 is 1.91 bits per heavy atom. The van der Waals surface area contributed by atoms with Crippen LogP contribution in [-0.4, -0.2) is 36.5 Å². The van der Waals surface area contributed by atoms with E-state index in [1.54, 1.807) is 0 Å². The summed E-state index contributed by atoms with van der Waals surface area (Å²) in [4.78, 5) is 14.4. The number of para-hydroxylation sites is 1. The van der Waals surface area contributed by atoms with Crippen LogP contribution < -0.4 is 11.1 Å². The fourth-order valence-corrected chi connectivity index (χ4v) is 2.70. The van der Waals surface area contributed by atoms with Gasteiger partial charge in [0.25, 0.3) is 0 Å². The van der Waals surface area contributed by atoms with Crippen molar-refractivity contribution in [2.24, 2.45) is 0 Å². The van der Waals surface area contributed by atoms with Crippen LogP contribution in [0.5, 0.6) is 0 Å². The summed E-state index contributed by atoms with van der Waals surface area (Å²) >= 11 is 0. The van der Waals surface area contributed by atoms with E-state index < -0.39 is 0 Å². The lowest BCUT2D eigenvalue weighted by Gasteiger charge is -2.31. The van der Waals surface area contributed by atoms with Crippen molar-refractivity contribution in [3.05, 3.63) is 29.8 Å². The van der Waals surface area contributed by atoms with Crippen LogP contribution in [0.15, 0.2) is 24.3 Å². The molecule has 0 radical (unpaired) electrons. The third-order valence-electron chi connectivity index (χ3n) is 4.08. The molecule has 0 spiro atoms. The monoisotopic (exact) mass is 347 g/mol. The first-order chi connectivity index (χ1) is 9.69. The zero-order valence-corrected chi connectivity index (χ0v) is 14.7. The Bertz CT molecular complexity index is 449. The zero-order valence-electron chi connectivity index (χ0n) is 13.1. The fourth-order valence-electron chi connectivity index (χ4n) is 2.70. The normalized spacial score (nSPS) is 15.5. The van der Waals surface area contributed by atoms with Gasteiger partial charge in [-0.2, -0.15) is 0 Å². The van der Waals surface area contributed by atoms with E-state index in [0.29, 0.717) is 18.9 Å². The third kappa shape index (κ3) is 6.42. The molecule has 1 aliphatic rings. The highest BCUT2D eigenvalue weighted by molar-refractivity contribution is 5.85. The van der Waals surface area contributed by atoms with Crippen LogP contribution >= 0.6 is 24.8 Å². The van der Waals surface area contributed by atoms with Crippen LogP contribution in [0.1, 0.15) is 31.7 Å². The number of rotatable bonds is 5. The van der Waals surface area contributed by atoms with Gasteiger partial charge >= 0.3 is 0 Å². The van der Waals surface area contributed by atoms with E-state index in [1.165, 1.54) is 0 Å². The van der Waals surface area contributed by atoms with Gasteiger partial charge in [-0.25, -0.2) is 0 Å². The van der Waals surface area contributed by atoms with Crippen molar-refractivity contribution in [3.63, 3.8) is 0 Å². The number of benzene rings is 1. The molecule has 1 aromatic carbocycles. The summed E-state index contributed by atoms with van der Waals surface area (Å²) in [5.74, 6) is 0.142. The quantitative estimate of drug-likeness (QED) is 0.805. The molecule has 1 heterocycles. The molecule has 0 aromatic heterocycles. The Morgan fingerprint density at radius 1 is 1.27 bits per heavy atom. The van der Waals surface area contributed by atoms with Gasteiger partial charge in [0.1, 0.15) is 0 Å². The molecule has 4 nitrogen and oxygen atoms in total. The van der Waals surface area contributed by atoms with Crippen molar-refractivity contribution >= 4 is 36.4 Å². The van der Waals surface area contributed by atoms with E-state index in [9.17, 15) is 4.79 Å². The average molecular weight is 348 g/mol. The van der Waals surface area contributed by atoms with E-state index in [-0.39, 0.29) is 30.7 Å². The molecule has 1 aromatic rings. The molecule has 0 bridgehead atoms. The Balaban J connectivity index is 0.00000220. The van der Waals surface area contributed by atoms with Gasteiger partial charge in [-0.05, 0) is 37.4 Å². The molecule has 0 unspecified atom stereocenters. The van der Waals surface area contributed by atoms with Gasteiger partial charge in [0.2, 0.25) is 5.91 Å². The van der Waals surface area contributed by atoms with Gasteiger partial charge in [0.05, 0.1) is 0 Å². The molecule has 1 fully saturated rings. The SMILES string of the molecule is CCN1CCC(NC(=O)CCc2ccccc2N)CC1.Cl.Cl. The molecule has 0 aliphatic carbocycles. The van der Waals surface area contributed by atoms with Gasteiger partial charge in [0, 0.05) is 31.2 Å². The maximum atomic E-state index is 12.0. The lowest BCUT2D eigenvalue weighted by molar-refractivity contribution is -0.122. The number of nitrogens with one attached hydrogen (secondary N) is 1. The molecule has 1 saturated heterocycles. The predicted molar refractivity (Wildman–Crippen MR) is 97.0 cm³/mol. The highest BCUT2D eigenvalue weighted by Crippen LogP contribution is 2.13. The minimum Gasteiger partial charge on any atom is -0.399 e. The molecular weight excluding hydrogens is 321 g/mol. The first kappa shape index (κ1) is 21.0. The van der Waals surface area contributed by atoms with Gasteiger partial charge in [0.15, 0.2) is 0 Å². The third-order valence-corrected chi connectivity index (χ3v) is 4.08. The number of amides is 1. The van der Waals surface area contributed by atoms with Crippen molar-refractivity contribution in [1.82, 2.24) is 10.2 Å². The Morgan fingerprint density at radius 3 is 2.50 bits per heavy atom. The average Bonchev–Trinajstić information content (AvgIpc) is 2.47. The van der Waals surface area contributed by atoms with Crippen molar-refractivity contribution in [2.75, 3.05) is 25.4 Å². The number of aryl methyl sites for hydroxylation is 1. The van der Waals surface area contributed by atoms with Crippen molar-refractivity contribution < 1.29 is 4.79 Å². The van der Waals surface area contributed by atoms with Crippen LogP contribution in [0, 0.1) is 0 Å². The lowest BCUT2D eigenvalue weighted by Crippen LogP contribution is -2.44. The summed E-state index contributed by atoms with van der Waals surface area (Å²) in [6.45, 7) is 5.47. The van der Waals surface area contributed by atoms with Crippen LogP contribution in [0.2, 0.25) is 0 Å². The van der Waals surface area contributed by atoms with Gasteiger partial charge in [-0.3, -0.25) is 4.79 Å². The number of halogens is 2. The second-order valence-corrected chi connectivity index (χ2v) is 5.47. The first-order valence-electron chi connectivity index (χ1n) is 7.54. The summed E-state index contributed by atoms with van der Waals surface area (Å²) < 4.78 is 0. The van der Waals surface area contributed by atoms with Crippen molar-refractivity contribution in [1.29, 1.82) is 0 Å². The fraction of sp³-hybridized carbons (Fsp3) is 0.562. The summed E-state index contributed by atoms with van der Waals surface area (Å²) in [5.41, 5.74) is 7.72. The molecule has 0 atom stereocenters. The van der Waals surface area contributed by atoms with Gasteiger partial charge < -0.3 is 16.0 Å². The smallest absolute Gasteiger partial charge is 0.220 e. The van der Waals surface area contributed by atoms with Crippen LogP contribution in [0.4, 0.5) is 5.69 Å². The molecule has 6 heteroatoms.